The zero-order valence-electron chi connectivity index (χ0n) is 20.2. The summed E-state index contributed by atoms with van der Waals surface area (Å²) in [6.45, 7) is 7.35. The van der Waals surface area contributed by atoms with E-state index in [1.807, 2.05) is 37.3 Å². The molecule has 0 aliphatic carbocycles. The van der Waals surface area contributed by atoms with E-state index < -0.39 is 11.7 Å². The first-order valence-corrected chi connectivity index (χ1v) is 11.2. The highest BCUT2D eigenvalue weighted by Crippen LogP contribution is 2.30. The second-order valence-corrected chi connectivity index (χ2v) is 9.07. The normalized spacial score (nSPS) is 11.4. The van der Waals surface area contributed by atoms with E-state index in [4.69, 9.17) is 9.47 Å². The molecule has 2 N–H and O–H groups in total. The first-order valence-electron chi connectivity index (χ1n) is 11.2. The van der Waals surface area contributed by atoms with Crippen molar-refractivity contribution in [3.63, 3.8) is 0 Å². The second kappa shape index (κ2) is 9.10. The van der Waals surface area contributed by atoms with Crippen LogP contribution in [0.4, 0.5) is 22.1 Å². The van der Waals surface area contributed by atoms with Gasteiger partial charge in [0.05, 0.1) is 11.7 Å². The molecule has 182 valence electrons. The molecule has 0 fully saturated rings. The second-order valence-electron chi connectivity index (χ2n) is 9.07. The Bertz CT molecular complexity index is 1580. The average Bonchev–Trinajstić information content (AvgIpc) is 3.28. The number of anilines is 3. The first-order chi connectivity index (χ1) is 17.2. The molecular weight excluding hydrogens is 460 g/mol. The minimum absolute atomic E-state index is 0.333. The number of hydrogen-bond donors (Lipinski definition) is 2. The van der Waals surface area contributed by atoms with E-state index >= 15 is 0 Å². The number of benzene rings is 1. The number of aromatic nitrogens is 6. The first kappa shape index (κ1) is 23.0. The van der Waals surface area contributed by atoms with Crippen LogP contribution in [0.5, 0.6) is 11.5 Å². The fourth-order valence-electron chi connectivity index (χ4n) is 3.50. The van der Waals surface area contributed by atoms with E-state index in [1.54, 1.807) is 43.7 Å². The van der Waals surface area contributed by atoms with Gasteiger partial charge in [-0.2, -0.15) is 5.10 Å². The topological polar surface area (TPSA) is 128 Å². The average molecular weight is 485 g/mol. The van der Waals surface area contributed by atoms with Crippen LogP contribution in [0.3, 0.4) is 0 Å². The van der Waals surface area contributed by atoms with E-state index in [9.17, 15) is 4.79 Å². The smallest absolute Gasteiger partial charge is 0.413 e. The van der Waals surface area contributed by atoms with Gasteiger partial charge in [-0.3, -0.25) is 5.32 Å². The third kappa shape index (κ3) is 5.14. The molecule has 36 heavy (non-hydrogen) atoms. The van der Waals surface area contributed by atoms with E-state index in [-0.39, 0.29) is 0 Å². The van der Waals surface area contributed by atoms with Gasteiger partial charge in [-0.1, -0.05) is 0 Å². The monoisotopic (exact) mass is 484 g/mol. The molecule has 0 aliphatic heterocycles. The highest BCUT2D eigenvalue weighted by Gasteiger charge is 2.17. The van der Waals surface area contributed by atoms with Crippen LogP contribution in [-0.2, 0) is 4.74 Å². The molecule has 5 rings (SSSR count). The van der Waals surface area contributed by atoms with E-state index in [0.29, 0.717) is 39.7 Å². The van der Waals surface area contributed by atoms with Crippen LogP contribution in [0.2, 0.25) is 0 Å². The van der Waals surface area contributed by atoms with Crippen molar-refractivity contribution >= 4 is 40.0 Å². The minimum Gasteiger partial charge on any atom is -0.457 e. The largest absolute Gasteiger partial charge is 0.457 e. The predicted octanol–water partition coefficient (Wildman–Crippen LogP) is 5.26. The Morgan fingerprint density at radius 1 is 1.00 bits per heavy atom. The van der Waals surface area contributed by atoms with E-state index in [1.165, 1.54) is 12.7 Å². The molecule has 11 heteroatoms. The maximum absolute atomic E-state index is 12.2. The van der Waals surface area contributed by atoms with Crippen molar-refractivity contribution in [3.8, 4) is 11.5 Å². The number of fused-ring (bicyclic) bond motifs is 2. The molecule has 11 nitrogen and oxygen atoms in total. The van der Waals surface area contributed by atoms with Gasteiger partial charge in [-0.25, -0.2) is 29.2 Å². The highest BCUT2D eigenvalue weighted by atomic mass is 16.6. The van der Waals surface area contributed by atoms with Gasteiger partial charge in [-0.15, -0.1) is 0 Å². The summed E-state index contributed by atoms with van der Waals surface area (Å²) >= 11 is 0. The molecule has 0 saturated heterocycles. The SMILES string of the molecule is Cc1cc(Nc2ncnc3cnc(NC(=O)OC(C)(C)C)cc23)ccc1Oc1ccn2ncnc2c1. The van der Waals surface area contributed by atoms with Crippen LogP contribution >= 0.6 is 0 Å². The lowest BCUT2D eigenvalue weighted by molar-refractivity contribution is 0.0635. The van der Waals surface area contributed by atoms with Gasteiger partial charge in [-0.05, 0) is 63.6 Å². The third-order valence-electron chi connectivity index (χ3n) is 5.07. The van der Waals surface area contributed by atoms with Crippen LogP contribution in [0.15, 0.2) is 61.4 Å². The summed E-state index contributed by atoms with van der Waals surface area (Å²) in [4.78, 5) is 29.2. The molecule has 5 aromatic rings. The van der Waals surface area contributed by atoms with E-state index in [0.717, 1.165) is 11.3 Å². The number of amides is 1. The summed E-state index contributed by atoms with van der Waals surface area (Å²) in [6, 6.07) is 11.1. The van der Waals surface area contributed by atoms with Gasteiger partial charge in [0.1, 0.15) is 41.4 Å². The number of nitrogens with one attached hydrogen (secondary N) is 2. The predicted molar refractivity (Wildman–Crippen MR) is 135 cm³/mol. The van der Waals surface area contributed by atoms with Crippen LogP contribution in [0.25, 0.3) is 16.6 Å². The Hall–Kier alpha value is -4.80. The molecule has 0 bridgehead atoms. The number of hydrogen-bond acceptors (Lipinski definition) is 9. The number of rotatable bonds is 5. The summed E-state index contributed by atoms with van der Waals surface area (Å²) in [5.41, 5.74) is 2.45. The van der Waals surface area contributed by atoms with Crippen LogP contribution in [0.1, 0.15) is 26.3 Å². The van der Waals surface area contributed by atoms with Gasteiger partial charge in [0.15, 0.2) is 5.65 Å². The molecule has 1 amide bonds. The van der Waals surface area contributed by atoms with E-state index in [2.05, 4.69) is 35.7 Å². The molecule has 0 radical (unpaired) electrons. The minimum atomic E-state index is -0.617. The quantitative estimate of drug-likeness (QED) is 0.343. The summed E-state index contributed by atoms with van der Waals surface area (Å²) in [5, 5.41) is 10.8. The summed E-state index contributed by atoms with van der Waals surface area (Å²) < 4.78 is 13.0. The van der Waals surface area contributed by atoms with Gasteiger partial charge in [0.2, 0.25) is 0 Å². The maximum Gasteiger partial charge on any atom is 0.413 e. The fraction of sp³-hybridized carbons (Fsp3) is 0.200. The fourth-order valence-corrected chi connectivity index (χ4v) is 3.50. The number of carbonyl (C=O) groups is 1. The standard InChI is InChI=1S/C25H24N8O3/c1-15-9-16(5-6-20(15)35-17-7-8-33-22(10-17)28-14-30-33)31-23-18-11-21(26-12-19(18)27-13-29-23)32-24(34)36-25(2,3)4/h5-14H,1-4H3,(H,26,32,34)(H,27,29,31). The number of ether oxygens (including phenoxy) is 2. The van der Waals surface area contributed by atoms with Gasteiger partial charge in [0, 0.05) is 23.3 Å². The zero-order valence-corrected chi connectivity index (χ0v) is 20.2. The van der Waals surface area contributed by atoms with Crippen LogP contribution in [0, 0.1) is 6.92 Å². The summed E-state index contributed by atoms with van der Waals surface area (Å²) in [5.74, 6) is 2.28. The number of aryl methyl sites for hydroxylation is 1. The Labute approximate surface area is 206 Å². The zero-order chi connectivity index (χ0) is 25.3. The Kier molecular flexibility index (Phi) is 5.80. The summed E-state index contributed by atoms with van der Waals surface area (Å²) in [6.07, 6.45) is 5.73. The van der Waals surface area contributed by atoms with Gasteiger partial charge >= 0.3 is 6.09 Å². The molecule has 0 saturated carbocycles. The van der Waals surface area contributed by atoms with Crippen molar-refractivity contribution in [3.05, 3.63) is 67.0 Å². The molecule has 1 aromatic carbocycles. The molecule has 4 aromatic heterocycles. The Morgan fingerprint density at radius 2 is 1.86 bits per heavy atom. The Balaban J connectivity index is 1.36. The van der Waals surface area contributed by atoms with Crippen molar-refractivity contribution in [2.45, 2.75) is 33.3 Å². The lowest BCUT2D eigenvalue weighted by Gasteiger charge is -2.19. The third-order valence-corrected chi connectivity index (χ3v) is 5.07. The number of pyridine rings is 2. The molecule has 0 spiro atoms. The molecule has 4 heterocycles. The number of nitrogens with zero attached hydrogens (tertiary/aromatic N) is 6. The lowest BCUT2D eigenvalue weighted by atomic mass is 10.2. The number of carbonyl (C=O) groups excluding carboxylic acids is 1. The van der Waals surface area contributed by atoms with Gasteiger partial charge < -0.3 is 14.8 Å². The van der Waals surface area contributed by atoms with Crippen molar-refractivity contribution in [2.24, 2.45) is 0 Å². The highest BCUT2D eigenvalue weighted by molar-refractivity contribution is 5.94. The Morgan fingerprint density at radius 3 is 2.67 bits per heavy atom. The van der Waals surface area contributed by atoms with Crippen LogP contribution in [-0.4, -0.2) is 41.2 Å². The molecule has 0 unspecified atom stereocenters. The lowest BCUT2D eigenvalue weighted by Crippen LogP contribution is -2.27. The van der Waals surface area contributed by atoms with Crippen molar-refractivity contribution in [2.75, 3.05) is 10.6 Å². The summed E-state index contributed by atoms with van der Waals surface area (Å²) in [7, 11) is 0. The van der Waals surface area contributed by atoms with Crippen LogP contribution < -0.4 is 15.4 Å². The maximum atomic E-state index is 12.2. The van der Waals surface area contributed by atoms with Gasteiger partial charge in [0.25, 0.3) is 0 Å². The van der Waals surface area contributed by atoms with Crippen molar-refractivity contribution in [1.82, 2.24) is 29.5 Å². The molecule has 0 atom stereocenters. The molecular formula is C25H24N8O3. The molecule has 0 aliphatic rings. The van der Waals surface area contributed by atoms with Crippen molar-refractivity contribution < 1.29 is 14.3 Å². The van der Waals surface area contributed by atoms with Crippen molar-refractivity contribution in [1.29, 1.82) is 0 Å².